The highest BCUT2D eigenvalue weighted by Crippen LogP contribution is 2.17. The molecule has 1 saturated heterocycles. The Kier molecular flexibility index (Phi) is 7.99. The number of hydrogen-bond acceptors (Lipinski definition) is 5. The van der Waals surface area contributed by atoms with Crippen LogP contribution in [0.1, 0.15) is 26.7 Å². The summed E-state index contributed by atoms with van der Waals surface area (Å²) in [5.74, 6) is -1.83. The van der Waals surface area contributed by atoms with Gasteiger partial charge >= 0.3 is 12.0 Å². The van der Waals surface area contributed by atoms with Gasteiger partial charge in [-0.3, -0.25) is 9.59 Å². The molecule has 0 aliphatic carbocycles. The Labute approximate surface area is 169 Å². The molecule has 1 atom stereocenters. The number of carbonyl (C=O) groups is 4. The van der Waals surface area contributed by atoms with E-state index in [-0.39, 0.29) is 23.7 Å². The molecular weight excluding hydrogens is 376 g/mol. The number of nitrogens with two attached hydrogens (primary N) is 1. The maximum atomic E-state index is 12.4. The van der Waals surface area contributed by atoms with Crippen LogP contribution in [0.15, 0.2) is 30.3 Å². The number of anilines is 1. The lowest BCUT2D eigenvalue weighted by Gasteiger charge is -2.30. The van der Waals surface area contributed by atoms with Crippen LogP contribution in [-0.2, 0) is 19.1 Å². The highest BCUT2D eigenvalue weighted by Gasteiger charge is 2.29. The van der Waals surface area contributed by atoms with Gasteiger partial charge in [0.25, 0.3) is 5.91 Å². The molecule has 1 aromatic rings. The third-order valence-electron chi connectivity index (χ3n) is 4.83. The quantitative estimate of drug-likeness (QED) is 0.586. The number of ether oxygens (including phenoxy) is 1. The molecule has 2 rings (SSSR count). The summed E-state index contributed by atoms with van der Waals surface area (Å²) in [5, 5.41) is 5.23. The lowest BCUT2D eigenvalue weighted by Crippen LogP contribution is -2.48. The van der Waals surface area contributed by atoms with E-state index in [2.05, 4.69) is 10.6 Å². The third kappa shape index (κ3) is 6.78. The van der Waals surface area contributed by atoms with E-state index in [9.17, 15) is 19.2 Å². The van der Waals surface area contributed by atoms with E-state index < -0.39 is 24.6 Å². The topological polar surface area (TPSA) is 131 Å². The third-order valence-corrected chi connectivity index (χ3v) is 4.83. The summed E-state index contributed by atoms with van der Waals surface area (Å²) in [7, 11) is 0. The number of piperidine rings is 1. The summed E-state index contributed by atoms with van der Waals surface area (Å²) in [4.78, 5) is 49.6. The van der Waals surface area contributed by atoms with Crippen molar-refractivity contribution in [2.45, 2.75) is 32.7 Å². The number of likely N-dealkylation sites (tertiary alicyclic amines) is 1. The average molecular weight is 404 g/mol. The Morgan fingerprint density at radius 3 is 2.31 bits per heavy atom. The Balaban J connectivity index is 1.82. The van der Waals surface area contributed by atoms with E-state index in [1.807, 2.05) is 6.07 Å². The van der Waals surface area contributed by atoms with Crippen LogP contribution in [0.25, 0.3) is 0 Å². The highest BCUT2D eigenvalue weighted by molar-refractivity contribution is 5.93. The fourth-order valence-corrected chi connectivity index (χ4v) is 3.05. The van der Waals surface area contributed by atoms with Crippen LogP contribution in [0.3, 0.4) is 0 Å². The summed E-state index contributed by atoms with van der Waals surface area (Å²) < 4.78 is 5.14. The first-order valence-electron chi connectivity index (χ1n) is 9.64. The van der Waals surface area contributed by atoms with Crippen molar-refractivity contribution in [1.29, 1.82) is 0 Å². The van der Waals surface area contributed by atoms with Crippen LogP contribution in [0.5, 0.6) is 0 Å². The van der Waals surface area contributed by atoms with Gasteiger partial charge in [0.05, 0.1) is 0 Å². The summed E-state index contributed by atoms with van der Waals surface area (Å²) in [6, 6.07) is 7.40. The molecule has 0 radical (unpaired) electrons. The monoisotopic (exact) mass is 404 g/mol. The van der Waals surface area contributed by atoms with Gasteiger partial charge in [-0.2, -0.15) is 0 Å². The van der Waals surface area contributed by atoms with E-state index in [4.69, 9.17) is 10.5 Å². The standard InChI is InChI=1S/C20H28N4O5/c1-13(2)17(23-20(28)22-15-6-4-3-5-7-15)19(27)29-12-16(25)24-10-8-14(9-11-24)18(21)26/h3-7,13-14,17H,8-12H2,1-2H3,(H2,21,26)(H2,22,23,28)/t17-/m0/s1. The number of nitrogens with one attached hydrogen (secondary N) is 2. The van der Waals surface area contributed by atoms with E-state index >= 15 is 0 Å². The molecule has 158 valence electrons. The van der Waals surface area contributed by atoms with Crippen molar-refractivity contribution in [2.75, 3.05) is 25.0 Å². The number of amides is 4. The number of carbonyl (C=O) groups excluding carboxylic acids is 4. The smallest absolute Gasteiger partial charge is 0.329 e. The number of benzene rings is 1. The summed E-state index contributed by atoms with van der Waals surface area (Å²) >= 11 is 0. The molecule has 4 N–H and O–H groups in total. The van der Waals surface area contributed by atoms with Crippen LogP contribution < -0.4 is 16.4 Å². The largest absolute Gasteiger partial charge is 0.454 e. The first-order valence-corrected chi connectivity index (χ1v) is 9.64. The minimum Gasteiger partial charge on any atom is -0.454 e. The maximum Gasteiger partial charge on any atom is 0.329 e. The van der Waals surface area contributed by atoms with Crippen molar-refractivity contribution < 1.29 is 23.9 Å². The highest BCUT2D eigenvalue weighted by atomic mass is 16.5. The molecule has 0 saturated carbocycles. The molecule has 0 bridgehead atoms. The minimum atomic E-state index is -0.896. The number of para-hydroxylation sites is 1. The van der Waals surface area contributed by atoms with Gasteiger partial charge < -0.3 is 26.0 Å². The molecular formula is C20H28N4O5. The molecule has 4 amide bonds. The predicted molar refractivity (Wildman–Crippen MR) is 107 cm³/mol. The van der Waals surface area contributed by atoms with Crippen molar-refractivity contribution in [3.8, 4) is 0 Å². The Morgan fingerprint density at radius 1 is 1.14 bits per heavy atom. The van der Waals surface area contributed by atoms with Crippen LogP contribution in [0, 0.1) is 11.8 Å². The number of nitrogens with zero attached hydrogens (tertiary/aromatic N) is 1. The van der Waals surface area contributed by atoms with Crippen molar-refractivity contribution in [3.05, 3.63) is 30.3 Å². The number of esters is 1. The molecule has 0 aromatic heterocycles. The SMILES string of the molecule is CC(C)[C@H](NC(=O)Nc1ccccc1)C(=O)OCC(=O)N1CCC(C(N)=O)CC1. The van der Waals surface area contributed by atoms with Gasteiger partial charge in [-0.25, -0.2) is 9.59 Å². The lowest BCUT2D eigenvalue weighted by atomic mass is 9.96. The van der Waals surface area contributed by atoms with Gasteiger partial charge in [0.2, 0.25) is 5.91 Å². The lowest BCUT2D eigenvalue weighted by molar-refractivity contribution is -0.155. The Hall–Kier alpha value is -3.10. The van der Waals surface area contributed by atoms with Crippen LogP contribution in [0.2, 0.25) is 0 Å². The number of rotatable bonds is 7. The fraction of sp³-hybridized carbons (Fsp3) is 0.500. The van der Waals surface area contributed by atoms with Gasteiger partial charge in [-0.05, 0) is 30.9 Å². The molecule has 29 heavy (non-hydrogen) atoms. The van der Waals surface area contributed by atoms with Gasteiger partial charge in [-0.1, -0.05) is 32.0 Å². The number of primary amides is 1. The van der Waals surface area contributed by atoms with E-state index in [0.717, 1.165) is 0 Å². The van der Waals surface area contributed by atoms with Crippen molar-refractivity contribution in [2.24, 2.45) is 17.6 Å². The van der Waals surface area contributed by atoms with Gasteiger partial charge in [0, 0.05) is 24.7 Å². The van der Waals surface area contributed by atoms with Gasteiger partial charge in [0.15, 0.2) is 6.61 Å². The Morgan fingerprint density at radius 2 is 1.76 bits per heavy atom. The van der Waals surface area contributed by atoms with Crippen LogP contribution >= 0.6 is 0 Å². The zero-order valence-corrected chi connectivity index (χ0v) is 16.7. The first kappa shape index (κ1) is 22.2. The van der Waals surface area contributed by atoms with E-state index in [1.54, 1.807) is 43.0 Å². The molecule has 9 nitrogen and oxygen atoms in total. The predicted octanol–water partition coefficient (Wildman–Crippen LogP) is 1.10. The van der Waals surface area contributed by atoms with Crippen molar-refractivity contribution in [1.82, 2.24) is 10.2 Å². The second-order valence-electron chi connectivity index (χ2n) is 7.35. The zero-order valence-electron chi connectivity index (χ0n) is 16.7. The van der Waals surface area contributed by atoms with Crippen LogP contribution in [-0.4, -0.2) is 54.5 Å². The van der Waals surface area contributed by atoms with Crippen LogP contribution in [0.4, 0.5) is 10.5 Å². The molecule has 1 aliphatic heterocycles. The van der Waals surface area contributed by atoms with Gasteiger partial charge in [0.1, 0.15) is 6.04 Å². The van der Waals surface area contributed by atoms with E-state index in [0.29, 0.717) is 31.6 Å². The molecule has 1 heterocycles. The van der Waals surface area contributed by atoms with Crippen molar-refractivity contribution >= 4 is 29.5 Å². The molecule has 9 heteroatoms. The molecule has 0 unspecified atom stereocenters. The number of hydrogen-bond donors (Lipinski definition) is 3. The second kappa shape index (κ2) is 10.4. The summed E-state index contributed by atoms with van der Waals surface area (Å²) in [5.41, 5.74) is 5.88. The maximum absolute atomic E-state index is 12.4. The normalized spacial score (nSPS) is 15.5. The molecule has 1 aromatic carbocycles. The zero-order chi connectivity index (χ0) is 21.4. The first-order chi connectivity index (χ1) is 13.8. The second-order valence-corrected chi connectivity index (χ2v) is 7.35. The molecule has 1 aliphatic rings. The number of urea groups is 1. The molecule has 1 fully saturated rings. The van der Waals surface area contributed by atoms with Crippen molar-refractivity contribution in [3.63, 3.8) is 0 Å². The Bertz CT molecular complexity index is 730. The summed E-state index contributed by atoms with van der Waals surface area (Å²) in [6.45, 7) is 3.92. The van der Waals surface area contributed by atoms with Gasteiger partial charge in [-0.15, -0.1) is 0 Å². The minimum absolute atomic E-state index is 0.223. The summed E-state index contributed by atoms with van der Waals surface area (Å²) in [6.07, 6.45) is 1.01. The molecule has 0 spiro atoms. The fourth-order valence-electron chi connectivity index (χ4n) is 3.05. The average Bonchev–Trinajstić information content (AvgIpc) is 2.70. The van der Waals surface area contributed by atoms with E-state index in [1.165, 1.54) is 0 Å².